The Morgan fingerprint density at radius 1 is 1.03 bits per heavy atom. The van der Waals surface area contributed by atoms with Crippen LogP contribution in [0.3, 0.4) is 0 Å². The van der Waals surface area contributed by atoms with Gasteiger partial charge in [-0.3, -0.25) is 9.59 Å². The molecular weight excluding hydrogens is 388 g/mol. The van der Waals surface area contributed by atoms with Gasteiger partial charge in [0.2, 0.25) is 5.91 Å². The van der Waals surface area contributed by atoms with Crippen molar-refractivity contribution in [3.63, 3.8) is 0 Å². The van der Waals surface area contributed by atoms with Crippen molar-refractivity contribution in [1.82, 2.24) is 19.8 Å². The van der Waals surface area contributed by atoms with Gasteiger partial charge in [0.25, 0.3) is 5.91 Å². The molecule has 7 heteroatoms. The minimum absolute atomic E-state index is 0.122. The Labute approximate surface area is 174 Å². The Morgan fingerprint density at radius 2 is 1.76 bits per heavy atom. The number of imidazole rings is 1. The number of halogens is 1. The molecule has 0 unspecified atom stereocenters. The fourth-order valence-electron chi connectivity index (χ4n) is 3.69. The summed E-state index contributed by atoms with van der Waals surface area (Å²) in [5.41, 5.74) is 2.37. The summed E-state index contributed by atoms with van der Waals surface area (Å²) in [5.74, 6) is 0.768. The van der Waals surface area contributed by atoms with E-state index in [1.54, 1.807) is 24.3 Å². The van der Waals surface area contributed by atoms with Gasteiger partial charge in [-0.1, -0.05) is 23.7 Å². The highest BCUT2D eigenvalue weighted by atomic mass is 35.5. The number of carbonyl (C=O) groups is 2. The number of hydrogen-bond acceptors (Lipinski definition) is 3. The van der Waals surface area contributed by atoms with E-state index in [-0.39, 0.29) is 18.4 Å². The van der Waals surface area contributed by atoms with Crippen molar-refractivity contribution in [2.24, 2.45) is 0 Å². The molecule has 0 bridgehead atoms. The SMILES string of the molecule is O=C(NCCc1nc2ccccc2n1CC(=O)N1CCCC1)c1ccc(Cl)cc1. The second-order valence-corrected chi connectivity index (χ2v) is 7.64. The normalized spacial score (nSPS) is 13.8. The van der Waals surface area contributed by atoms with Crippen LogP contribution < -0.4 is 5.32 Å². The standard InChI is InChI=1S/C22H23ClN4O2/c23-17-9-7-16(8-10-17)22(29)24-12-11-20-25-18-5-1-2-6-19(18)27(20)15-21(28)26-13-3-4-14-26/h1-2,5-10H,3-4,11-15H2,(H,24,29). The molecule has 1 aliphatic heterocycles. The number of hydrogen-bond donors (Lipinski definition) is 1. The van der Waals surface area contributed by atoms with Crippen molar-refractivity contribution < 1.29 is 9.59 Å². The molecule has 6 nitrogen and oxygen atoms in total. The van der Waals surface area contributed by atoms with Crippen LogP contribution in [0.5, 0.6) is 0 Å². The van der Waals surface area contributed by atoms with E-state index in [1.807, 2.05) is 33.7 Å². The number of amides is 2. The van der Waals surface area contributed by atoms with Gasteiger partial charge in [-0.2, -0.15) is 0 Å². The average Bonchev–Trinajstić information content (AvgIpc) is 3.37. The van der Waals surface area contributed by atoms with Crippen molar-refractivity contribution in [3.8, 4) is 0 Å². The molecule has 1 aliphatic rings. The number of rotatable bonds is 6. The van der Waals surface area contributed by atoms with E-state index in [0.717, 1.165) is 42.8 Å². The van der Waals surface area contributed by atoms with Crippen molar-refractivity contribution in [2.45, 2.75) is 25.8 Å². The number of nitrogens with zero attached hydrogens (tertiary/aromatic N) is 3. The lowest BCUT2D eigenvalue weighted by atomic mass is 10.2. The third-order valence-electron chi connectivity index (χ3n) is 5.23. The number of carbonyl (C=O) groups excluding carboxylic acids is 2. The molecule has 2 amide bonds. The van der Waals surface area contributed by atoms with Crippen LogP contribution in [0.15, 0.2) is 48.5 Å². The van der Waals surface area contributed by atoms with Crippen LogP contribution in [0.25, 0.3) is 11.0 Å². The summed E-state index contributed by atoms with van der Waals surface area (Å²) < 4.78 is 1.98. The molecule has 2 aromatic carbocycles. The molecule has 1 N–H and O–H groups in total. The fourth-order valence-corrected chi connectivity index (χ4v) is 3.81. The van der Waals surface area contributed by atoms with E-state index >= 15 is 0 Å². The second-order valence-electron chi connectivity index (χ2n) is 7.20. The Kier molecular flexibility index (Phi) is 5.81. The summed E-state index contributed by atoms with van der Waals surface area (Å²) in [7, 11) is 0. The number of likely N-dealkylation sites (tertiary alicyclic amines) is 1. The summed E-state index contributed by atoms with van der Waals surface area (Å²) >= 11 is 5.87. The highest BCUT2D eigenvalue weighted by Crippen LogP contribution is 2.18. The predicted octanol–water partition coefficient (Wildman–Crippen LogP) is 3.28. The van der Waals surface area contributed by atoms with Gasteiger partial charge in [0.1, 0.15) is 12.4 Å². The molecule has 0 spiro atoms. The maximum Gasteiger partial charge on any atom is 0.251 e. The third kappa shape index (κ3) is 4.43. The van der Waals surface area contributed by atoms with Crippen LogP contribution in [0, 0.1) is 0 Å². The number of benzene rings is 2. The number of para-hydroxylation sites is 2. The number of fused-ring (bicyclic) bond motifs is 1. The minimum Gasteiger partial charge on any atom is -0.352 e. The average molecular weight is 411 g/mol. The Balaban J connectivity index is 1.47. The lowest BCUT2D eigenvalue weighted by molar-refractivity contribution is -0.130. The van der Waals surface area contributed by atoms with Crippen LogP contribution in [0.2, 0.25) is 5.02 Å². The van der Waals surface area contributed by atoms with Crippen LogP contribution in [0.4, 0.5) is 0 Å². The van der Waals surface area contributed by atoms with Gasteiger partial charge in [-0.05, 0) is 49.2 Å². The highest BCUT2D eigenvalue weighted by Gasteiger charge is 2.20. The zero-order valence-electron chi connectivity index (χ0n) is 16.1. The van der Waals surface area contributed by atoms with E-state index in [1.165, 1.54) is 0 Å². The second kappa shape index (κ2) is 8.66. The summed E-state index contributed by atoms with van der Waals surface area (Å²) in [6.45, 7) is 2.37. The predicted molar refractivity (Wildman–Crippen MR) is 113 cm³/mol. The van der Waals surface area contributed by atoms with Gasteiger partial charge in [-0.15, -0.1) is 0 Å². The Morgan fingerprint density at radius 3 is 2.52 bits per heavy atom. The molecule has 0 aliphatic carbocycles. The maximum atomic E-state index is 12.7. The van der Waals surface area contributed by atoms with Crippen molar-refractivity contribution >= 4 is 34.4 Å². The molecule has 29 heavy (non-hydrogen) atoms. The van der Waals surface area contributed by atoms with Gasteiger partial charge < -0.3 is 14.8 Å². The lowest BCUT2D eigenvalue weighted by Crippen LogP contribution is -2.32. The van der Waals surface area contributed by atoms with Crippen LogP contribution in [0.1, 0.15) is 29.0 Å². The topological polar surface area (TPSA) is 67.2 Å². The smallest absolute Gasteiger partial charge is 0.251 e. The Bertz CT molecular complexity index is 1020. The quantitative estimate of drug-likeness (QED) is 0.678. The first-order valence-corrected chi connectivity index (χ1v) is 10.3. The monoisotopic (exact) mass is 410 g/mol. The van der Waals surface area contributed by atoms with Gasteiger partial charge in [0.15, 0.2) is 0 Å². The first-order chi connectivity index (χ1) is 14.1. The zero-order valence-corrected chi connectivity index (χ0v) is 16.9. The van der Waals surface area contributed by atoms with Crippen LogP contribution >= 0.6 is 11.6 Å². The van der Waals surface area contributed by atoms with E-state index in [0.29, 0.717) is 23.6 Å². The number of nitrogens with one attached hydrogen (secondary N) is 1. The molecule has 0 atom stereocenters. The summed E-state index contributed by atoms with van der Waals surface area (Å²) in [6, 6.07) is 14.6. The van der Waals surface area contributed by atoms with Crippen molar-refractivity contribution in [3.05, 3.63) is 64.9 Å². The molecule has 1 saturated heterocycles. The summed E-state index contributed by atoms with van der Waals surface area (Å²) in [4.78, 5) is 31.6. The Hall–Kier alpha value is -2.86. The fraction of sp³-hybridized carbons (Fsp3) is 0.318. The molecule has 1 fully saturated rings. The summed E-state index contributed by atoms with van der Waals surface area (Å²) in [6.07, 6.45) is 2.68. The molecule has 150 valence electrons. The molecule has 1 aromatic heterocycles. The molecule has 4 rings (SSSR count). The lowest BCUT2D eigenvalue weighted by Gasteiger charge is -2.17. The van der Waals surface area contributed by atoms with Gasteiger partial charge >= 0.3 is 0 Å². The zero-order chi connectivity index (χ0) is 20.2. The van der Waals surface area contributed by atoms with E-state index < -0.39 is 0 Å². The summed E-state index contributed by atoms with van der Waals surface area (Å²) in [5, 5.41) is 3.51. The van der Waals surface area contributed by atoms with Crippen LogP contribution in [-0.4, -0.2) is 45.9 Å². The van der Waals surface area contributed by atoms with Gasteiger partial charge in [0.05, 0.1) is 11.0 Å². The van der Waals surface area contributed by atoms with E-state index in [9.17, 15) is 9.59 Å². The molecular formula is C22H23ClN4O2. The first kappa shape index (κ1) is 19.5. The largest absolute Gasteiger partial charge is 0.352 e. The van der Waals surface area contributed by atoms with Gasteiger partial charge in [-0.25, -0.2) is 4.98 Å². The molecule has 2 heterocycles. The highest BCUT2D eigenvalue weighted by molar-refractivity contribution is 6.30. The van der Waals surface area contributed by atoms with E-state index in [4.69, 9.17) is 16.6 Å². The molecule has 0 radical (unpaired) electrons. The first-order valence-electron chi connectivity index (χ1n) is 9.87. The van der Waals surface area contributed by atoms with Crippen LogP contribution in [-0.2, 0) is 17.8 Å². The number of aromatic nitrogens is 2. The molecule has 3 aromatic rings. The molecule has 0 saturated carbocycles. The van der Waals surface area contributed by atoms with Gasteiger partial charge in [0, 0.05) is 36.6 Å². The van der Waals surface area contributed by atoms with Crippen molar-refractivity contribution in [1.29, 1.82) is 0 Å². The van der Waals surface area contributed by atoms with E-state index in [2.05, 4.69) is 5.32 Å². The van der Waals surface area contributed by atoms with Crippen molar-refractivity contribution in [2.75, 3.05) is 19.6 Å². The minimum atomic E-state index is -0.155. The third-order valence-corrected chi connectivity index (χ3v) is 5.48. The maximum absolute atomic E-state index is 12.7.